The van der Waals surface area contributed by atoms with Crippen molar-refractivity contribution in [3.05, 3.63) is 65.5 Å². The lowest BCUT2D eigenvalue weighted by Crippen LogP contribution is -2.37. The third-order valence-electron chi connectivity index (χ3n) is 4.89. The summed E-state index contributed by atoms with van der Waals surface area (Å²) in [6.45, 7) is 5.10. The van der Waals surface area contributed by atoms with Gasteiger partial charge in [0.15, 0.2) is 0 Å². The van der Waals surface area contributed by atoms with Gasteiger partial charge in [-0.05, 0) is 55.8 Å². The molecule has 0 unspecified atom stereocenters. The summed E-state index contributed by atoms with van der Waals surface area (Å²) in [6.07, 6.45) is 1.09. The van der Waals surface area contributed by atoms with E-state index in [-0.39, 0.29) is 23.7 Å². The van der Waals surface area contributed by atoms with Crippen LogP contribution in [0.15, 0.2) is 48.5 Å². The van der Waals surface area contributed by atoms with E-state index in [0.29, 0.717) is 23.4 Å². The summed E-state index contributed by atoms with van der Waals surface area (Å²) in [6, 6.07) is 13.5. The fourth-order valence-electron chi connectivity index (χ4n) is 3.29. The molecule has 1 aliphatic rings. The average molecular weight is 356 g/mol. The van der Waals surface area contributed by atoms with Crippen molar-refractivity contribution >= 4 is 5.91 Å². The summed E-state index contributed by atoms with van der Waals surface area (Å²) in [5.41, 5.74) is 1.23. The monoisotopic (exact) mass is 356 g/mol. The molecule has 5 heteroatoms. The Morgan fingerprint density at radius 1 is 1.23 bits per heavy atom. The predicted octanol–water partition coefficient (Wildman–Crippen LogP) is 3.48. The van der Waals surface area contributed by atoms with E-state index in [4.69, 9.17) is 4.74 Å². The van der Waals surface area contributed by atoms with Crippen LogP contribution in [0.2, 0.25) is 0 Å². The number of benzene rings is 2. The Balaban J connectivity index is 1.52. The topological polar surface area (TPSA) is 41.6 Å². The summed E-state index contributed by atoms with van der Waals surface area (Å²) < 4.78 is 19.2. The summed E-state index contributed by atoms with van der Waals surface area (Å²) in [5.74, 6) is 0.241. The first-order valence-electron chi connectivity index (χ1n) is 8.88. The number of ether oxygens (including phenoxy) is 1. The Kier molecular flexibility index (Phi) is 5.57. The highest BCUT2D eigenvalue weighted by Crippen LogP contribution is 2.28. The SMILES string of the molecule is CN1CC[C@@](C)(CNC(=O)c2ccc(OCc3ccccc3F)cc2)C1. The minimum Gasteiger partial charge on any atom is -0.489 e. The number of likely N-dealkylation sites (tertiary alicyclic amines) is 1. The molecule has 3 rings (SSSR count). The van der Waals surface area contributed by atoms with Crippen molar-refractivity contribution < 1.29 is 13.9 Å². The molecule has 0 aromatic heterocycles. The van der Waals surface area contributed by atoms with Gasteiger partial charge in [-0.15, -0.1) is 0 Å². The van der Waals surface area contributed by atoms with Gasteiger partial charge in [0.1, 0.15) is 18.2 Å². The Morgan fingerprint density at radius 3 is 2.62 bits per heavy atom. The molecule has 1 amide bonds. The number of nitrogens with zero attached hydrogens (tertiary/aromatic N) is 1. The van der Waals surface area contributed by atoms with Crippen LogP contribution in [0.25, 0.3) is 0 Å². The maximum atomic E-state index is 13.6. The molecule has 4 nitrogen and oxygen atoms in total. The van der Waals surface area contributed by atoms with E-state index in [1.54, 1.807) is 42.5 Å². The first kappa shape index (κ1) is 18.4. The molecule has 1 heterocycles. The van der Waals surface area contributed by atoms with Crippen molar-refractivity contribution in [3.63, 3.8) is 0 Å². The van der Waals surface area contributed by atoms with E-state index in [1.807, 2.05) is 0 Å². The standard InChI is InChI=1S/C21H25FN2O2/c1-21(11-12-24(2)15-21)14-23-20(25)16-7-9-18(10-8-16)26-13-17-5-3-4-6-19(17)22/h3-10H,11-15H2,1-2H3,(H,23,25)/t21-/m0/s1. The van der Waals surface area contributed by atoms with Gasteiger partial charge >= 0.3 is 0 Å². The Hall–Kier alpha value is -2.40. The van der Waals surface area contributed by atoms with Gasteiger partial charge < -0.3 is 15.0 Å². The normalized spacial score (nSPS) is 20.1. The molecular weight excluding hydrogens is 331 g/mol. The summed E-state index contributed by atoms with van der Waals surface area (Å²) in [7, 11) is 2.10. The predicted molar refractivity (Wildman–Crippen MR) is 99.7 cm³/mol. The Morgan fingerprint density at radius 2 is 1.96 bits per heavy atom. The molecular formula is C21H25FN2O2. The fraction of sp³-hybridized carbons (Fsp3) is 0.381. The van der Waals surface area contributed by atoms with E-state index < -0.39 is 0 Å². The number of carbonyl (C=O) groups excluding carboxylic acids is 1. The minimum absolute atomic E-state index is 0.0820. The van der Waals surface area contributed by atoms with E-state index in [0.717, 1.165) is 19.5 Å². The highest BCUT2D eigenvalue weighted by atomic mass is 19.1. The van der Waals surface area contributed by atoms with Crippen LogP contribution in [0.4, 0.5) is 4.39 Å². The second kappa shape index (κ2) is 7.87. The van der Waals surface area contributed by atoms with Gasteiger partial charge in [-0.2, -0.15) is 0 Å². The number of amides is 1. The van der Waals surface area contributed by atoms with Crippen LogP contribution in [-0.4, -0.2) is 37.5 Å². The van der Waals surface area contributed by atoms with Crippen molar-refractivity contribution in [2.24, 2.45) is 5.41 Å². The molecule has 1 saturated heterocycles. The van der Waals surface area contributed by atoms with Crippen molar-refractivity contribution in [1.82, 2.24) is 10.2 Å². The molecule has 2 aromatic rings. The minimum atomic E-state index is -0.283. The zero-order valence-electron chi connectivity index (χ0n) is 15.3. The third-order valence-corrected chi connectivity index (χ3v) is 4.89. The molecule has 0 bridgehead atoms. The molecule has 0 aliphatic carbocycles. The maximum Gasteiger partial charge on any atom is 0.251 e. The quantitative estimate of drug-likeness (QED) is 0.862. The van der Waals surface area contributed by atoms with E-state index in [1.165, 1.54) is 6.07 Å². The van der Waals surface area contributed by atoms with E-state index in [2.05, 4.69) is 24.2 Å². The van der Waals surface area contributed by atoms with Crippen LogP contribution in [-0.2, 0) is 6.61 Å². The van der Waals surface area contributed by atoms with Gasteiger partial charge in [0.25, 0.3) is 5.91 Å². The highest BCUT2D eigenvalue weighted by molar-refractivity contribution is 5.94. The molecule has 1 aliphatic heterocycles. The van der Waals surface area contributed by atoms with E-state index in [9.17, 15) is 9.18 Å². The second-order valence-corrected chi connectivity index (χ2v) is 7.39. The van der Waals surface area contributed by atoms with Crippen molar-refractivity contribution in [2.75, 3.05) is 26.7 Å². The number of carbonyl (C=O) groups is 1. The smallest absolute Gasteiger partial charge is 0.251 e. The van der Waals surface area contributed by atoms with Crippen LogP contribution < -0.4 is 10.1 Å². The molecule has 0 radical (unpaired) electrons. The second-order valence-electron chi connectivity index (χ2n) is 7.39. The summed E-state index contributed by atoms with van der Waals surface area (Å²) >= 11 is 0. The fourth-order valence-corrected chi connectivity index (χ4v) is 3.29. The molecule has 138 valence electrons. The zero-order valence-corrected chi connectivity index (χ0v) is 15.3. The van der Waals surface area contributed by atoms with Gasteiger partial charge in [0.2, 0.25) is 0 Å². The van der Waals surface area contributed by atoms with E-state index >= 15 is 0 Å². The zero-order chi connectivity index (χ0) is 18.6. The molecule has 26 heavy (non-hydrogen) atoms. The summed E-state index contributed by atoms with van der Waals surface area (Å²) in [4.78, 5) is 14.6. The number of hydrogen-bond donors (Lipinski definition) is 1. The van der Waals surface area contributed by atoms with Crippen LogP contribution in [0.3, 0.4) is 0 Å². The van der Waals surface area contributed by atoms with Gasteiger partial charge in [-0.1, -0.05) is 25.1 Å². The van der Waals surface area contributed by atoms with Crippen LogP contribution in [0, 0.1) is 11.2 Å². The number of hydrogen-bond acceptors (Lipinski definition) is 3. The van der Waals surface area contributed by atoms with Crippen LogP contribution in [0.5, 0.6) is 5.75 Å². The number of halogens is 1. The lowest BCUT2D eigenvalue weighted by atomic mass is 9.90. The van der Waals surface area contributed by atoms with Gasteiger partial charge in [0, 0.05) is 24.2 Å². The molecule has 1 fully saturated rings. The highest BCUT2D eigenvalue weighted by Gasteiger charge is 2.32. The first-order chi connectivity index (χ1) is 12.5. The average Bonchev–Trinajstić information content (AvgIpc) is 2.99. The van der Waals surface area contributed by atoms with Gasteiger partial charge in [0.05, 0.1) is 0 Å². The summed E-state index contributed by atoms with van der Waals surface area (Å²) in [5, 5.41) is 3.03. The van der Waals surface area contributed by atoms with Gasteiger partial charge in [-0.25, -0.2) is 4.39 Å². The van der Waals surface area contributed by atoms with Crippen LogP contribution >= 0.6 is 0 Å². The Bertz CT molecular complexity index is 763. The Labute approximate surface area is 154 Å². The van der Waals surface area contributed by atoms with Crippen molar-refractivity contribution in [3.8, 4) is 5.75 Å². The van der Waals surface area contributed by atoms with Crippen molar-refractivity contribution in [2.45, 2.75) is 20.0 Å². The third kappa shape index (κ3) is 4.61. The lowest BCUT2D eigenvalue weighted by Gasteiger charge is -2.24. The van der Waals surface area contributed by atoms with Crippen LogP contribution in [0.1, 0.15) is 29.3 Å². The lowest BCUT2D eigenvalue weighted by molar-refractivity contribution is 0.0935. The number of rotatable bonds is 6. The van der Waals surface area contributed by atoms with Gasteiger partial charge in [-0.3, -0.25) is 4.79 Å². The maximum absolute atomic E-state index is 13.6. The molecule has 0 saturated carbocycles. The molecule has 2 aromatic carbocycles. The first-order valence-corrected chi connectivity index (χ1v) is 8.88. The molecule has 1 N–H and O–H groups in total. The number of nitrogens with one attached hydrogen (secondary N) is 1. The molecule has 0 spiro atoms. The largest absolute Gasteiger partial charge is 0.489 e. The molecule has 1 atom stereocenters. The van der Waals surface area contributed by atoms with Crippen molar-refractivity contribution in [1.29, 1.82) is 0 Å².